The number of rotatable bonds is 3. The molecule has 2 N–H and O–H groups in total. The lowest BCUT2D eigenvalue weighted by atomic mass is 10.1. The molecule has 0 saturated carbocycles. The summed E-state index contributed by atoms with van der Waals surface area (Å²) in [6.07, 6.45) is 0. The number of hydrogen-bond acceptors (Lipinski definition) is 2. The van der Waals surface area contributed by atoms with Gasteiger partial charge in [0.25, 0.3) is 5.91 Å². The van der Waals surface area contributed by atoms with Gasteiger partial charge in [-0.05, 0) is 26.0 Å². The van der Waals surface area contributed by atoms with Crippen LogP contribution in [0.5, 0.6) is 0 Å². The Morgan fingerprint density at radius 1 is 1.38 bits per heavy atom. The summed E-state index contributed by atoms with van der Waals surface area (Å²) >= 11 is 11.8. The summed E-state index contributed by atoms with van der Waals surface area (Å²) < 4.78 is 0. The van der Waals surface area contributed by atoms with Crippen LogP contribution in [0.15, 0.2) is 18.2 Å². The summed E-state index contributed by atoms with van der Waals surface area (Å²) in [5.74, 6) is -0.394. The van der Waals surface area contributed by atoms with Crippen molar-refractivity contribution in [1.82, 2.24) is 5.32 Å². The first kappa shape index (κ1) is 13.3. The SMILES string of the molecule is CC(C)(CO)NC(=O)c1c(Cl)cccc1Cl. The summed E-state index contributed by atoms with van der Waals surface area (Å²) in [5.41, 5.74) is -0.480. The van der Waals surface area contributed by atoms with E-state index < -0.39 is 11.4 Å². The molecule has 0 radical (unpaired) electrons. The average Bonchev–Trinajstić information content (AvgIpc) is 2.16. The quantitative estimate of drug-likeness (QED) is 0.879. The predicted octanol–water partition coefficient (Wildman–Crippen LogP) is 2.49. The number of aliphatic hydroxyl groups is 1. The van der Waals surface area contributed by atoms with Gasteiger partial charge in [-0.1, -0.05) is 29.3 Å². The number of carbonyl (C=O) groups excluding carboxylic acids is 1. The van der Waals surface area contributed by atoms with E-state index in [0.717, 1.165) is 0 Å². The molecular weight excluding hydrogens is 249 g/mol. The molecule has 1 amide bonds. The van der Waals surface area contributed by atoms with Crippen LogP contribution in [-0.2, 0) is 0 Å². The Bertz CT molecular complexity index is 385. The Labute approximate surface area is 104 Å². The maximum atomic E-state index is 11.9. The zero-order valence-corrected chi connectivity index (χ0v) is 10.6. The van der Waals surface area contributed by atoms with Crippen LogP contribution in [0, 0.1) is 0 Å². The maximum Gasteiger partial charge on any atom is 0.254 e. The number of benzene rings is 1. The van der Waals surface area contributed by atoms with Gasteiger partial charge in [0, 0.05) is 0 Å². The zero-order valence-electron chi connectivity index (χ0n) is 9.05. The zero-order chi connectivity index (χ0) is 12.3. The fraction of sp³-hybridized carbons (Fsp3) is 0.364. The van der Waals surface area contributed by atoms with Crippen molar-refractivity contribution in [2.75, 3.05) is 6.61 Å². The highest BCUT2D eigenvalue weighted by Crippen LogP contribution is 2.24. The van der Waals surface area contributed by atoms with Crippen molar-refractivity contribution in [3.05, 3.63) is 33.8 Å². The highest BCUT2D eigenvalue weighted by atomic mass is 35.5. The molecule has 0 saturated heterocycles. The minimum Gasteiger partial charge on any atom is -0.394 e. The molecular formula is C11H13Cl2NO2. The van der Waals surface area contributed by atoms with Crippen molar-refractivity contribution >= 4 is 29.1 Å². The molecule has 0 aliphatic carbocycles. The van der Waals surface area contributed by atoms with Crippen LogP contribution < -0.4 is 5.32 Å². The smallest absolute Gasteiger partial charge is 0.254 e. The summed E-state index contributed by atoms with van der Waals surface area (Å²) in [6, 6.07) is 4.85. The highest BCUT2D eigenvalue weighted by molar-refractivity contribution is 6.39. The average molecular weight is 262 g/mol. The number of aliphatic hydroxyl groups excluding tert-OH is 1. The van der Waals surface area contributed by atoms with Gasteiger partial charge in [0.2, 0.25) is 0 Å². The predicted molar refractivity (Wildman–Crippen MR) is 65.1 cm³/mol. The van der Waals surface area contributed by atoms with Gasteiger partial charge in [0.05, 0.1) is 27.8 Å². The van der Waals surface area contributed by atoms with E-state index in [-0.39, 0.29) is 12.2 Å². The van der Waals surface area contributed by atoms with E-state index >= 15 is 0 Å². The Kier molecular flexibility index (Phi) is 4.19. The summed E-state index contributed by atoms with van der Waals surface area (Å²) in [6.45, 7) is 3.24. The van der Waals surface area contributed by atoms with Gasteiger partial charge in [0.15, 0.2) is 0 Å². The normalized spacial score (nSPS) is 11.3. The summed E-state index contributed by atoms with van der Waals surface area (Å²) in [7, 11) is 0. The van der Waals surface area contributed by atoms with Gasteiger partial charge in [-0.2, -0.15) is 0 Å². The molecule has 5 heteroatoms. The van der Waals surface area contributed by atoms with Crippen molar-refractivity contribution in [2.45, 2.75) is 19.4 Å². The van der Waals surface area contributed by atoms with Crippen molar-refractivity contribution in [3.8, 4) is 0 Å². The van der Waals surface area contributed by atoms with Crippen LogP contribution in [-0.4, -0.2) is 23.2 Å². The van der Waals surface area contributed by atoms with Crippen LogP contribution in [0.3, 0.4) is 0 Å². The van der Waals surface area contributed by atoms with Gasteiger partial charge in [-0.3, -0.25) is 4.79 Å². The molecule has 0 fully saturated rings. The van der Waals surface area contributed by atoms with E-state index in [1.54, 1.807) is 32.0 Å². The van der Waals surface area contributed by atoms with E-state index in [1.165, 1.54) is 0 Å². The van der Waals surface area contributed by atoms with Gasteiger partial charge in [-0.15, -0.1) is 0 Å². The molecule has 1 aromatic rings. The molecule has 16 heavy (non-hydrogen) atoms. The molecule has 0 aliphatic heterocycles. The van der Waals surface area contributed by atoms with Crippen molar-refractivity contribution in [2.24, 2.45) is 0 Å². The Hall–Kier alpha value is -0.770. The molecule has 3 nitrogen and oxygen atoms in total. The molecule has 0 unspecified atom stereocenters. The molecule has 1 rings (SSSR count). The third kappa shape index (κ3) is 3.11. The van der Waals surface area contributed by atoms with Crippen LogP contribution in [0.25, 0.3) is 0 Å². The minimum absolute atomic E-state index is 0.166. The number of nitrogens with one attached hydrogen (secondary N) is 1. The molecule has 88 valence electrons. The monoisotopic (exact) mass is 261 g/mol. The minimum atomic E-state index is -0.709. The molecule has 0 aromatic heterocycles. The van der Waals surface area contributed by atoms with E-state index in [9.17, 15) is 4.79 Å². The van der Waals surface area contributed by atoms with Crippen molar-refractivity contribution in [3.63, 3.8) is 0 Å². The maximum absolute atomic E-state index is 11.9. The largest absolute Gasteiger partial charge is 0.394 e. The third-order valence-corrected chi connectivity index (χ3v) is 2.67. The lowest BCUT2D eigenvalue weighted by Crippen LogP contribution is -2.46. The first-order valence-corrected chi connectivity index (χ1v) is 5.50. The molecule has 0 heterocycles. The Morgan fingerprint density at radius 3 is 2.31 bits per heavy atom. The molecule has 0 aliphatic rings. The van der Waals surface area contributed by atoms with Crippen molar-refractivity contribution in [1.29, 1.82) is 0 Å². The second-order valence-electron chi connectivity index (χ2n) is 4.09. The van der Waals surface area contributed by atoms with Crippen LogP contribution >= 0.6 is 23.2 Å². The summed E-state index contributed by atoms with van der Waals surface area (Å²) in [5, 5.41) is 12.3. The van der Waals surface area contributed by atoms with Gasteiger partial charge in [0.1, 0.15) is 0 Å². The lowest BCUT2D eigenvalue weighted by molar-refractivity contribution is 0.0869. The highest BCUT2D eigenvalue weighted by Gasteiger charge is 2.22. The number of amides is 1. The van der Waals surface area contributed by atoms with Gasteiger partial charge in [-0.25, -0.2) is 0 Å². The van der Waals surface area contributed by atoms with Crippen LogP contribution in [0.1, 0.15) is 24.2 Å². The number of hydrogen-bond donors (Lipinski definition) is 2. The first-order chi connectivity index (χ1) is 7.37. The van der Waals surface area contributed by atoms with E-state index in [0.29, 0.717) is 10.0 Å². The standard InChI is InChI=1S/C11H13Cl2NO2/c1-11(2,6-15)14-10(16)9-7(12)4-3-5-8(9)13/h3-5,15H,6H2,1-2H3,(H,14,16). The number of halogens is 2. The fourth-order valence-corrected chi connectivity index (χ4v) is 1.69. The van der Waals surface area contributed by atoms with E-state index in [2.05, 4.69) is 5.32 Å². The lowest BCUT2D eigenvalue weighted by Gasteiger charge is -2.23. The second kappa shape index (κ2) is 5.04. The number of carbonyl (C=O) groups is 1. The third-order valence-electron chi connectivity index (χ3n) is 2.04. The molecule has 0 atom stereocenters. The second-order valence-corrected chi connectivity index (χ2v) is 4.91. The summed E-state index contributed by atoms with van der Waals surface area (Å²) in [4.78, 5) is 11.9. The van der Waals surface area contributed by atoms with E-state index in [1.807, 2.05) is 0 Å². The molecule has 0 spiro atoms. The van der Waals surface area contributed by atoms with Crippen LogP contribution in [0.2, 0.25) is 10.0 Å². The molecule has 0 bridgehead atoms. The fourth-order valence-electron chi connectivity index (χ4n) is 1.12. The first-order valence-electron chi connectivity index (χ1n) is 4.75. The van der Waals surface area contributed by atoms with Gasteiger partial charge >= 0.3 is 0 Å². The van der Waals surface area contributed by atoms with E-state index in [4.69, 9.17) is 28.3 Å². The Morgan fingerprint density at radius 2 is 1.88 bits per heavy atom. The molecule has 1 aromatic carbocycles. The van der Waals surface area contributed by atoms with Gasteiger partial charge < -0.3 is 10.4 Å². The van der Waals surface area contributed by atoms with Crippen LogP contribution in [0.4, 0.5) is 0 Å². The topological polar surface area (TPSA) is 49.3 Å². The Balaban J connectivity index is 2.98. The van der Waals surface area contributed by atoms with Crippen molar-refractivity contribution < 1.29 is 9.90 Å².